The Morgan fingerprint density at radius 3 is 1.75 bits per heavy atom. The van der Waals surface area contributed by atoms with Crippen molar-refractivity contribution in [1.29, 1.82) is 0 Å². The van der Waals surface area contributed by atoms with Crippen LogP contribution in [0.15, 0.2) is 158 Å². The largest absolute Gasteiger partial charge is 0.309 e. The molecule has 1 aliphatic carbocycles. The van der Waals surface area contributed by atoms with Gasteiger partial charge in [0.15, 0.2) is 0 Å². The van der Waals surface area contributed by atoms with Crippen LogP contribution in [-0.2, 0) is 0 Å². The summed E-state index contributed by atoms with van der Waals surface area (Å²) in [5.41, 5.74) is 14.1. The number of nitrogens with zero attached hydrogens (tertiary/aromatic N) is 4. The standard InChI is InChI=1S/C44H26N4/c1-2-9-29(10-3-1)47-38-15-6-4-11-30(38)35-25-27(17-19-40(35)47)28-18-20-41-36(26-28)31-12-5-7-16-39(31)48(41)44-43-33(21-24-46-44)32-13-8-14-37-42(32)34(43)22-23-45-37/h1-26H. The number of hydrogen-bond donors (Lipinski definition) is 0. The van der Waals surface area contributed by atoms with E-state index >= 15 is 0 Å². The van der Waals surface area contributed by atoms with Crippen molar-refractivity contribution in [3.63, 3.8) is 0 Å². The maximum atomic E-state index is 5.07. The van der Waals surface area contributed by atoms with Gasteiger partial charge in [-0.3, -0.25) is 9.55 Å². The van der Waals surface area contributed by atoms with E-state index in [1.54, 1.807) is 0 Å². The summed E-state index contributed by atoms with van der Waals surface area (Å²) < 4.78 is 4.72. The second-order valence-electron chi connectivity index (χ2n) is 12.6. The first kappa shape index (κ1) is 25.6. The molecule has 222 valence electrons. The molecule has 4 aromatic heterocycles. The van der Waals surface area contributed by atoms with Crippen molar-refractivity contribution >= 4 is 54.5 Å². The molecule has 6 aromatic carbocycles. The molecule has 0 unspecified atom stereocenters. The molecule has 0 fully saturated rings. The molecule has 0 saturated carbocycles. The summed E-state index contributed by atoms with van der Waals surface area (Å²) >= 11 is 0. The maximum Gasteiger partial charge on any atom is 0.146 e. The zero-order valence-corrected chi connectivity index (χ0v) is 25.8. The van der Waals surface area contributed by atoms with E-state index in [0.29, 0.717) is 0 Å². The molecule has 4 heteroatoms. The van der Waals surface area contributed by atoms with Crippen molar-refractivity contribution < 1.29 is 0 Å². The zero-order valence-electron chi connectivity index (χ0n) is 25.8. The van der Waals surface area contributed by atoms with Gasteiger partial charge in [0, 0.05) is 50.6 Å². The lowest BCUT2D eigenvalue weighted by molar-refractivity contribution is 1.09. The van der Waals surface area contributed by atoms with Crippen LogP contribution in [0.4, 0.5) is 0 Å². The minimum atomic E-state index is 0.949. The highest BCUT2D eigenvalue weighted by Crippen LogP contribution is 2.49. The first-order valence-electron chi connectivity index (χ1n) is 16.3. The SMILES string of the molecule is c1ccc(-n2c3ccccc3c3cc(-c4ccc5c(c4)c4ccccc4n5-c4nccc5c4-c4ccnc6cccc-5c46)ccc32)cc1. The fraction of sp³-hybridized carbons (Fsp3) is 0. The minimum absolute atomic E-state index is 0.949. The molecule has 4 heterocycles. The van der Waals surface area contributed by atoms with Crippen LogP contribution in [0.3, 0.4) is 0 Å². The molecule has 4 nitrogen and oxygen atoms in total. The molecule has 0 radical (unpaired) electrons. The quantitative estimate of drug-likeness (QED) is 0.199. The van der Waals surface area contributed by atoms with Gasteiger partial charge in [-0.05, 0) is 94.5 Å². The van der Waals surface area contributed by atoms with Gasteiger partial charge in [-0.15, -0.1) is 0 Å². The summed E-state index contributed by atoms with van der Waals surface area (Å²) in [5, 5.41) is 6.14. The molecule has 0 atom stereocenters. The molecular weight excluding hydrogens is 585 g/mol. The number of rotatable bonds is 3. The van der Waals surface area contributed by atoms with Crippen LogP contribution >= 0.6 is 0 Å². The van der Waals surface area contributed by atoms with Crippen molar-refractivity contribution in [3.8, 4) is 44.9 Å². The van der Waals surface area contributed by atoms with Crippen LogP contribution in [0.1, 0.15) is 0 Å². The summed E-state index contributed by atoms with van der Waals surface area (Å²) in [4.78, 5) is 9.75. The highest BCUT2D eigenvalue weighted by Gasteiger charge is 2.27. The number of fused-ring (bicyclic) bond motifs is 9. The molecule has 11 rings (SSSR count). The summed E-state index contributed by atoms with van der Waals surface area (Å²) in [6.45, 7) is 0. The van der Waals surface area contributed by atoms with Gasteiger partial charge in [0.2, 0.25) is 0 Å². The van der Waals surface area contributed by atoms with Crippen molar-refractivity contribution in [2.24, 2.45) is 0 Å². The monoisotopic (exact) mass is 610 g/mol. The summed E-state index contributed by atoms with van der Waals surface area (Å²) in [7, 11) is 0. The Morgan fingerprint density at radius 1 is 0.396 bits per heavy atom. The lowest BCUT2D eigenvalue weighted by Gasteiger charge is -2.13. The van der Waals surface area contributed by atoms with Crippen molar-refractivity contribution in [3.05, 3.63) is 158 Å². The van der Waals surface area contributed by atoms with Crippen LogP contribution < -0.4 is 0 Å². The van der Waals surface area contributed by atoms with Gasteiger partial charge in [0.1, 0.15) is 5.82 Å². The van der Waals surface area contributed by atoms with E-state index in [1.807, 2.05) is 12.4 Å². The Labute approximate surface area is 275 Å². The molecule has 0 spiro atoms. The lowest BCUT2D eigenvalue weighted by atomic mass is 10.0. The first-order chi connectivity index (χ1) is 23.8. The van der Waals surface area contributed by atoms with Gasteiger partial charge in [0.05, 0.1) is 27.6 Å². The van der Waals surface area contributed by atoms with Crippen LogP contribution in [0.2, 0.25) is 0 Å². The normalized spacial score (nSPS) is 12.2. The Morgan fingerprint density at radius 2 is 1.00 bits per heavy atom. The lowest BCUT2D eigenvalue weighted by Crippen LogP contribution is -2.00. The van der Waals surface area contributed by atoms with E-state index in [9.17, 15) is 0 Å². The third kappa shape index (κ3) is 3.38. The van der Waals surface area contributed by atoms with Crippen molar-refractivity contribution in [1.82, 2.24) is 19.1 Å². The third-order valence-electron chi connectivity index (χ3n) is 10.2. The Balaban J connectivity index is 1.13. The van der Waals surface area contributed by atoms with Crippen LogP contribution in [0.25, 0.3) is 99.4 Å². The Hall–Kier alpha value is -6.52. The number of hydrogen-bond acceptors (Lipinski definition) is 2. The maximum absolute atomic E-state index is 5.07. The van der Waals surface area contributed by atoms with E-state index in [-0.39, 0.29) is 0 Å². The second kappa shape index (κ2) is 9.50. The molecule has 0 N–H and O–H groups in total. The third-order valence-corrected chi connectivity index (χ3v) is 10.2. The summed E-state index contributed by atoms with van der Waals surface area (Å²) in [6, 6.07) is 52.5. The van der Waals surface area contributed by atoms with Gasteiger partial charge in [-0.25, -0.2) is 4.98 Å². The van der Waals surface area contributed by atoms with Crippen molar-refractivity contribution in [2.45, 2.75) is 0 Å². The average molecular weight is 611 g/mol. The highest BCUT2D eigenvalue weighted by molar-refractivity contribution is 6.17. The van der Waals surface area contributed by atoms with Gasteiger partial charge in [-0.2, -0.15) is 0 Å². The molecular formula is C44H26N4. The predicted octanol–water partition coefficient (Wildman–Crippen LogP) is 11.1. The predicted molar refractivity (Wildman–Crippen MR) is 198 cm³/mol. The van der Waals surface area contributed by atoms with E-state index in [0.717, 1.165) is 27.9 Å². The Kier molecular flexibility index (Phi) is 5.08. The number of para-hydroxylation sites is 3. The van der Waals surface area contributed by atoms with E-state index in [1.165, 1.54) is 71.5 Å². The number of pyridine rings is 2. The van der Waals surface area contributed by atoms with Crippen LogP contribution in [0.5, 0.6) is 0 Å². The molecule has 0 amide bonds. The summed E-state index contributed by atoms with van der Waals surface area (Å²) in [6.07, 6.45) is 3.86. The molecule has 1 aliphatic rings. The van der Waals surface area contributed by atoms with Crippen molar-refractivity contribution in [2.75, 3.05) is 0 Å². The van der Waals surface area contributed by atoms with E-state index in [2.05, 4.69) is 160 Å². The average Bonchev–Trinajstić information content (AvgIpc) is 3.78. The van der Waals surface area contributed by atoms with E-state index in [4.69, 9.17) is 4.98 Å². The number of benzene rings is 6. The minimum Gasteiger partial charge on any atom is -0.309 e. The van der Waals surface area contributed by atoms with Gasteiger partial charge < -0.3 is 4.57 Å². The smallest absolute Gasteiger partial charge is 0.146 e. The molecule has 0 aliphatic heterocycles. The topological polar surface area (TPSA) is 35.6 Å². The fourth-order valence-corrected chi connectivity index (χ4v) is 8.14. The van der Waals surface area contributed by atoms with Gasteiger partial charge in [0.25, 0.3) is 0 Å². The molecule has 0 bridgehead atoms. The van der Waals surface area contributed by atoms with E-state index < -0.39 is 0 Å². The second-order valence-corrected chi connectivity index (χ2v) is 12.6. The van der Waals surface area contributed by atoms with Crippen LogP contribution in [0, 0.1) is 0 Å². The summed E-state index contributed by atoms with van der Waals surface area (Å²) in [5.74, 6) is 0.949. The Bertz CT molecular complexity index is 2940. The first-order valence-corrected chi connectivity index (χ1v) is 16.3. The fourth-order valence-electron chi connectivity index (χ4n) is 8.14. The number of aromatic nitrogens is 4. The molecule has 48 heavy (non-hydrogen) atoms. The molecule has 0 saturated heterocycles. The van der Waals surface area contributed by atoms with Crippen LogP contribution in [-0.4, -0.2) is 19.1 Å². The zero-order chi connectivity index (χ0) is 31.3. The highest BCUT2D eigenvalue weighted by atomic mass is 15.1. The van der Waals surface area contributed by atoms with Gasteiger partial charge >= 0.3 is 0 Å². The van der Waals surface area contributed by atoms with Gasteiger partial charge in [-0.1, -0.05) is 78.9 Å². The molecule has 10 aromatic rings.